The van der Waals surface area contributed by atoms with Crippen LogP contribution in [0.3, 0.4) is 0 Å². The number of aliphatic hydroxyl groups excluding tert-OH is 2. The van der Waals surface area contributed by atoms with Gasteiger partial charge in [-0.15, -0.1) is 0 Å². The van der Waals surface area contributed by atoms with Gasteiger partial charge in [0.25, 0.3) is 0 Å². The fraction of sp³-hybridized carbons (Fsp3) is 0.821. The Hall–Kier alpha value is -0.208. The number of fused-ring (bicyclic) bond motifs is 3. The second-order valence-corrected chi connectivity index (χ2v) is 12.6. The number of nitrogens with one attached hydrogen (secondary N) is 1. The first-order chi connectivity index (χ1) is 16.8. The second kappa shape index (κ2) is 11.2. The monoisotopic (exact) mass is 750 g/mol. The quantitative estimate of drug-likeness (QED) is 0.163. The average Bonchev–Trinajstić information content (AvgIpc) is 2.82. The Bertz CT molecular complexity index is 995. The molecule has 0 heterocycles. The number of carbonyl (C=O) groups excluding carboxylic acids is 2. The van der Waals surface area contributed by atoms with Crippen LogP contribution in [0.5, 0.6) is 0 Å². The Morgan fingerprint density at radius 1 is 1.18 bits per heavy atom. The van der Waals surface area contributed by atoms with Crippen molar-refractivity contribution in [3.8, 4) is 0 Å². The minimum absolute atomic E-state index is 0. The largest absolute Gasteiger partial charge is 0.456 e. The van der Waals surface area contributed by atoms with Crippen molar-refractivity contribution in [1.82, 2.24) is 0 Å². The number of methoxy groups -OCH3 is 1. The molecule has 3 rings (SSSR count). The molecule has 0 spiro atoms. The summed E-state index contributed by atoms with van der Waals surface area (Å²) in [5.41, 5.74) is -4.66. The van der Waals surface area contributed by atoms with Gasteiger partial charge < -0.3 is 35.3 Å². The number of carbonyl (C=O) groups is 2. The van der Waals surface area contributed by atoms with E-state index in [1.54, 1.807) is 41.5 Å². The maximum absolute atomic E-state index is 14.2. The third-order valence-electron chi connectivity index (χ3n) is 10.5. The number of ketones is 1. The van der Waals surface area contributed by atoms with Crippen LogP contribution >= 0.6 is 0 Å². The zero-order valence-electron chi connectivity index (χ0n) is 24.1. The van der Waals surface area contributed by atoms with E-state index in [1.165, 1.54) is 14.0 Å². The summed E-state index contributed by atoms with van der Waals surface area (Å²) < 4.78 is 11.3. The Morgan fingerprint density at radius 3 is 2.24 bits per heavy atom. The number of hydrogen-bond donors (Lipinski definition) is 5. The number of aliphatic hydroxyl groups is 4. The zero-order valence-corrected chi connectivity index (χ0v) is 28.9. The van der Waals surface area contributed by atoms with Crippen LogP contribution in [0.4, 0.5) is 0 Å². The molecule has 9 nitrogen and oxygen atoms in total. The molecule has 1 radical (unpaired) electrons. The van der Waals surface area contributed by atoms with Crippen LogP contribution in [0.2, 0.25) is 0 Å². The van der Waals surface area contributed by atoms with Crippen LogP contribution in [0, 0.1) is 84.0 Å². The molecule has 3 aliphatic carbocycles. The first kappa shape index (κ1) is 34.0. The van der Waals surface area contributed by atoms with Crippen molar-refractivity contribution in [1.29, 1.82) is 5.41 Å². The number of esters is 1. The summed E-state index contributed by atoms with van der Waals surface area (Å²) in [6.45, 7) is 13.8. The molecule has 0 aromatic heterocycles. The molecule has 2 bridgehead atoms. The number of rotatable bonds is 5. The van der Waals surface area contributed by atoms with Crippen LogP contribution in [-0.4, -0.2) is 81.1 Å². The molecule has 2 fully saturated rings. The molecule has 2 saturated carbocycles. The van der Waals surface area contributed by atoms with Gasteiger partial charge in [0, 0.05) is 86.5 Å². The molecule has 0 amide bonds. The van der Waals surface area contributed by atoms with E-state index in [9.17, 15) is 30.0 Å². The van der Waals surface area contributed by atoms with E-state index < -0.39 is 76.0 Å². The normalized spacial score (nSPS) is 44.1. The van der Waals surface area contributed by atoms with E-state index in [4.69, 9.17) is 14.9 Å². The average molecular weight is 751 g/mol. The van der Waals surface area contributed by atoms with Gasteiger partial charge in [-0.1, -0.05) is 41.5 Å². The van der Waals surface area contributed by atoms with E-state index in [2.05, 4.69) is 0 Å². The molecule has 5 N–H and O–H groups in total. The minimum atomic E-state index is -1.61. The topological polar surface area (TPSA) is 157 Å². The summed E-state index contributed by atoms with van der Waals surface area (Å²) >= 11 is 0. The molecule has 38 heavy (non-hydrogen) atoms. The Kier molecular flexibility index (Phi) is 10.0. The van der Waals surface area contributed by atoms with Crippen molar-refractivity contribution in [3.05, 3.63) is 11.1 Å². The summed E-state index contributed by atoms with van der Waals surface area (Å²) in [6, 6.07) is 0. The van der Waals surface area contributed by atoms with Gasteiger partial charge >= 0.3 is 5.97 Å². The van der Waals surface area contributed by atoms with Gasteiger partial charge in [-0.3, -0.25) is 4.79 Å². The molecule has 8 unspecified atom stereocenters. The van der Waals surface area contributed by atoms with Crippen molar-refractivity contribution >= 4 is 18.0 Å². The standard InChI is InChI=1S/C28H45NO8.Ac/c1-13(12-29)20(30)24(33)37-17-11-28(35)16(4)22-26(7,14(2)10-18(36-9)27(22,8)34)23(32)21(31)19(15(17)3)25(28,5)6;/h12-14,16-18,20-22,29-31,34-35H,10-11H2,1-9H3;/t13?,14-,16-,17?,18?,20?,21?,22?,26+,27?,28?;/m0./s1. The smallest absolute Gasteiger partial charge is 0.336 e. The van der Waals surface area contributed by atoms with Gasteiger partial charge in [0.2, 0.25) is 0 Å². The number of hydrogen-bond acceptors (Lipinski definition) is 9. The predicted molar refractivity (Wildman–Crippen MR) is 137 cm³/mol. The molecule has 10 heteroatoms. The van der Waals surface area contributed by atoms with Crippen molar-refractivity contribution in [2.24, 2.45) is 34.5 Å². The summed E-state index contributed by atoms with van der Waals surface area (Å²) in [7, 11) is 1.51. The van der Waals surface area contributed by atoms with Crippen LogP contribution in [0.15, 0.2) is 11.1 Å². The third-order valence-corrected chi connectivity index (χ3v) is 10.5. The van der Waals surface area contributed by atoms with Gasteiger partial charge in [-0.05, 0) is 43.3 Å². The summed E-state index contributed by atoms with van der Waals surface area (Å²) in [6.07, 6.45) is -3.47. The fourth-order valence-electron chi connectivity index (χ4n) is 7.92. The maximum atomic E-state index is 14.2. The molecule has 0 saturated heterocycles. The SMILES string of the molecule is COC1C[C@H](C)[C@@]2(C)C(=O)C(O)C3=C(C)C(OC(=O)C(O)C(C)C=N)CC(O)([C@@H](C)C2C1(C)O)C3(C)C.[Ac]. The predicted octanol–water partition coefficient (Wildman–Crippen LogP) is 2.03. The molecule has 213 valence electrons. The summed E-state index contributed by atoms with van der Waals surface area (Å²) in [5, 5.41) is 53.7. The van der Waals surface area contributed by atoms with Gasteiger partial charge in [-0.2, -0.15) is 0 Å². The Labute approximate surface area is 261 Å². The maximum Gasteiger partial charge on any atom is 0.336 e. The fourth-order valence-corrected chi connectivity index (χ4v) is 7.92. The molecular formula is C28H45AcNO8. The van der Waals surface area contributed by atoms with Crippen LogP contribution in [-0.2, 0) is 19.1 Å². The van der Waals surface area contributed by atoms with Gasteiger partial charge in [-0.25, -0.2) is 4.79 Å². The molecule has 3 aliphatic rings. The second-order valence-electron chi connectivity index (χ2n) is 12.6. The van der Waals surface area contributed by atoms with Crippen molar-refractivity contribution in [2.45, 2.75) is 104 Å². The Balaban J connectivity index is 0.00000507. The van der Waals surface area contributed by atoms with E-state index in [0.29, 0.717) is 17.6 Å². The van der Waals surface area contributed by atoms with Crippen LogP contribution < -0.4 is 0 Å². The van der Waals surface area contributed by atoms with Crippen molar-refractivity contribution in [2.75, 3.05) is 7.11 Å². The van der Waals surface area contributed by atoms with Crippen molar-refractivity contribution in [3.63, 3.8) is 0 Å². The van der Waals surface area contributed by atoms with E-state index in [-0.39, 0.29) is 56.4 Å². The van der Waals surface area contributed by atoms with Crippen LogP contribution in [0.25, 0.3) is 0 Å². The molecular weight excluding hydrogens is 705 g/mol. The number of Topliss-reactive ketones (excluding diaryl/α,β-unsaturated/α-hetero) is 1. The van der Waals surface area contributed by atoms with E-state index in [0.717, 1.165) is 6.21 Å². The molecule has 0 aromatic carbocycles. The summed E-state index contributed by atoms with van der Waals surface area (Å²) in [5.74, 6) is -3.90. The Morgan fingerprint density at radius 2 is 1.74 bits per heavy atom. The minimum Gasteiger partial charge on any atom is -0.456 e. The molecule has 11 atom stereocenters. The number of ether oxygens (including phenoxy) is 2. The third kappa shape index (κ3) is 4.72. The van der Waals surface area contributed by atoms with E-state index >= 15 is 0 Å². The first-order valence-electron chi connectivity index (χ1n) is 13.2. The molecule has 0 aromatic rings. The summed E-state index contributed by atoms with van der Waals surface area (Å²) in [4.78, 5) is 27.0. The van der Waals surface area contributed by atoms with Gasteiger partial charge in [0.05, 0.1) is 17.3 Å². The van der Waals surface area contributed by atoms with Gasteiger partial charge in [0.15, 0.2) is 11.9 Å². The first-order valence-corrected chi connectivity index (χ1v) is 13.2. The van der Waals surface area contributed by atoms with E-state index in [1.807, 2.05) is 6.92 Å². The van der Waals surface area contributed by atoms with Gasteiger partial charge in [0.1, 0.15) is 12.2 Å². The van der Waals surface area contributed by atoms with Crippen molar-refractivity contribution < 1.29 is 83.6 Å². The molecule has 0 aliphatic heterocycles. The zero-order chi connectivity index (χ0) is 28.5. The van der Waals surface area contributed by atoms with Crippen LogP contribution in [0.1, 0.15) is 68.2 Å².